The molecule has 3 unspecified atom stereocenters. The third-order valence-electron chi connectivity index (χ3n) is 4.30. The molecule has 21 heavy (non-hydrogen) atoms. The van der Waals surface area contributed by atoms with E-state index in [9.17, 15) is 13.2 Å². The molecule has 0 bridgehead atoms. The molecule has 3 atom stereocenters. The van der Waals surface area contributed by atoms with Gasteiger partial charge in [0.25, 0.3) is 0 Å². The second kappa shape index (κ2) is 7.01. The Morgan fingerprint density at radius 2 is 2.00 bits per heavy atom. The molecule has 118 valence electrons. The van der Waals surface area contributed by atoms with Crippen LogP contribution in [0.4, 0.5) is 13.2 Å². The highest BCUT2D eigenvalue weighted by molar-refractivity contribution is 6.30. The minimum Gasteiger partial charge on any atom is -0.310 e. The minimum absolute atomic E-state index is 0.233. The van der Waals surface area contributed by atoms with E-state index < -0.39 is 18.0 Å². The van der Waals surface area contributed by atoms with Gasteiger partial charge in [0.1, 0.15) is 0 Å². The molecule has 0 radical (unpaired) electrons. The molecule has 1 aliphatic carbocycles. The lowest BCUT2D eigenvalue weighted by atomic mass is 9.73. The van der Waals surface area contributed by atoms with Gasteiger partial charge in [-0.3, -0.25) is 0 Å². The van der Waals surface area contributed by atoms with Crippen molar-refractivity contribution < 1.29 is 13.2 Å². The lowest BCUT2D eigenvalue weighted by Gasteiger charge is -2.38. The third-order valence-corrected chi connectivity index (χ3v) is 4.53. The van der Waals surface area contributed by atoms with Gasteiger partial charge < -0.3 is 5.32 Å². The standard InChI is InChI=1S/C16H21ClF3N/c1-2-21-15(11-6-5-7-12(17)10-11)13-8-3-4-9-14(13)16(18,19)20/h5-7,10,13-15,21H,2-4,8-9H2,1H3. The molecule has 1 aliphatic rings. The van der Waals surface area contributed by atoms with Crippen LogP contribution in [0.1, 0.15) is 44.2 Å². The highest BCUT2D eigenvalue weighted by Crippen LogP contribution is 2.46. The van der Waals surface area contributed by atoms with Crippen LogP contribution in [0.15, 0.2) is 24.3 Å². The van der Waals surface area contributed by atoms with Gasteiger partial charge in [-0.25, -0.2) is 0 Å². The van der Waals surface area contributed by atoms with Crippen molar-refractivity contribution in [2.45, 2.75) is 44.8 Å². The van der Waals surface area contributed by atoms with Crippen molar-refractivity contribution in [3.63, 3.8) is 0 Å². The van der Waals surface area contributed by atoms with E-state index in [1.165, 1.54) is 0 Å². The Labute approximate surface area is 128 Å². The molecule has 1 N–H and O–H groups in total. The minimum atomic E-state index is -4.13. The zero-order chi connectivity index (χ0) is 15.5. The second-order valence-corrected chi connectivity index (χ2v) is 6.12. The maximum absolute atomic E-state index is 13.3. The molecular formula is C16H21ClF3N. The lowest BCUT2D eigenvalue weighted by Crippen LogP contribution is -2.40. The Hall–Kier alpha value is -0.740. The van der Waals surface area contributed by atoms with Crippen LogP contribution >= 0.6 is 11.6 Å². The fourth-order valence-corrected chi connectivity index (χ4v) is 3.60. The number of halogens is 4. The van der Waals surface area contributed by atoms with Crippen LogP contribution in [0.3, 0.4) is 0 Å². The van der Waals surface area contributed by atoms with E-state index in [1.54, 1.807) is 18.2 Å². The molecular weight excluding hydrogens is 299 g/mol. The summed E-state index contributed by atoms with van der Waals surface area (Å²) in [6, 6.07) is 6.89. The van der Waals surface area contributed by atoms with Gasteiger partial charge in [0.05, 0.1) is 5.92 Å². The van der Waals surface area contributed by atoms with Gasteiger partial charge in [-0.1, -0.05) is 43.5 Å². The molecule has 1 saturated carbocycles. The zero-order valence-electron chi connectivity index (χ0n) is 12.1. The SMILES string of the molecule is CCNC(c1cccc(Cl)c1)C1CCCCC1C(F)(F)F. The van der Waals surface area contributed by atoms with E-state index in [-0.39, 0.29) is 12.5 Å². The molecule has 1 aromatic carbocycles. The predicted octanol–water partition coefficient (Wildman–Crippen LogP) is 5.36. The first kappa shape index (κ1) is 16.6. The quantitative estimate of drug-likeness (QED) is 0.787. The van der Waals surface area contributed by atoms with Crippen molar-refractivity contribution in [1.29, 1.82) is 0 Å². The normalized spacial score (nSPS) is 24.8. The first-order valence-electron chi connectivity index (χ1n) is 7.49. The zero-order valence-corrected chi connectivity index (χ0v) is 12.8. The summed E-state index contributed by atoms with van der Waals surface area (Å²) in [4.78, 5) is 0. The van der Waals surface area contributed by atoms with Crippen molar-refractivity contribution >= 4 is 11.6 Å². The largest absolute Gasteiger partial charge is 0.392 e. The fourth-order valence-electron chi connectivity index (χ4n) is 3.40. The Morgan fingerprint density at radius 3 is 2.62 bits per heavy atom. The van der Waals surface area contributed by atoms with Gasteiger partial charge in [0, 0.05) is 11.1 Å². The summed E-state index contributed by atoms with van der Waals surface area (Å²) in [5.41, 5.74) is 0.852. The molecule has 0 aliphatic heterocycles. The van der Waals surface area contributed by atoms with Crippen molar-refractivity contribution in [3.05, 3.63) is 34.9 Å². The average Bonchev–Trinajstić information content (AvgIpc) is 2.44. The summed E-state index contributed by atoms with van der Waals surface area (Å²) in [5, 5.41) is 3.80. The maximum atomic E-state index is 13.3. The van der Waals surface area contributed by atoms with Gasteiger partial charge in [-0.05, 0) is 43.0 Å². The van der Waals surface area contributed by atoms with Crippen molar-refractivity contribution in [3.8, 4) is 0 Å². The van der Waals surface area contributed by atoms with Crippen LogP contribution in [0, 0.1) is 11.8 Å². The summed E-state index contributed by atoms with van der Waals surface area (Å²) in [7, 11) is 0. The van der Waals surface area contributed by atoms with Gasteiger partial charge in [-0.15, -0.1) is 0 Å². The van der Waals surface area contributed by atoms with Crippen LogP contribution in [0.25, 0.3) is 0 Å². The highest BCUT2D eigenvalue weighted by Gasteiger charge is 2.47. The van der Waals surface area contributed by atoms with Crippen LogP contribution in [-0.2, 0) is 0 Å². The molecule has 1 aromatic rings. The van der Waals surface area contributed by atoms with Crippen LogP contribution < -0.4 is 5.32 Å². The van der Waals surface area contributed by atoms with Crippen molar-refractivity contribution in [2.24, 2.45) is 11.8 Å². The summed E-state index contributed by atoms with van der Waals surface area (Å²) >= 11 is 6.00. The number of benzene rings is 1. The van der Waals surface area contributed by atoms with Crippen LogP contribution in [-0.4, -0.2) is 12.7 Å². The summed E-state index contributed by atoms with van der Waals surface area (Å²) in [5.74, 6) is -1.65. The molecule has 1 nitrogen and oxygen atoms in total. The number of hydrogen-bond acceptors (Lipinski definition) is 1. The number of nitrogens with one attached hydrogen (secondary N) is 1. The topological polar surface area (TPSA) is 12.0 Å². The van der Waals surface area contributed by atoms with E-state index in [0.29, 0.717) is 24.4 Å². The Kier molecular flexibility index (Phi) is 5.55. The van der Waals surface area contributed by atoms with Crippen LogP contribution in [0.5, 0.6) is 0 Å². The van der Waals surface area contributed by atoms with Gasteiger partial charge in [0.2, 0.25) is 0 Å². The molecule has 0 spiro atoms. The predicted molar refractivity (Wildman–Crippen MR) is 79.4 cm³/mol. The lowest BCUT2D eigenvalue weighted by molar-refractivity contribution is -0.199. The summed E-state index contributed by atoms with van der Waals surface area (Å²) < 4.78 is 40.0. The van der Waals surface area contributed by atoms with Gasteiger partial charge in [0.15, 0.2) is 0 Å². The summed E-state index contributed by atoms with van der Waals surface area (Å²) in [6.45, 7) is 2.56. The van der Waals surface area contributed by atoms with E-state index >= 15 is 0 Å². The molecule has 0 amide bonds. The van der Waals surface area contributed by atoms with E-state index in [4.69, 9.17) is 11.6 Å². The average molecular weight is 320 g/mol. The molecule has 0 aromatic heterocycles. The Balaban J connectivity index is 2.31. The molecule has 2 rings (SSSR count). The highest BCUT2D eigenvalue weighted by atomic mass is 35.5. The monoisotopic (exact) mass is 319 g/mol. The number of rotatable bonds is 4. The Bertz CT molecular complexity index is 461. The molecule has 5 heteroatoms. The van der Waals surface area contributed by atoms with Crippen molar-refractivity contribution in [2.75, 3.05) is 6.54 Å². The molecule has 0 saturated heterocycles. The summed E-state index contributed by atoms with van der Waals surface area (Å²) in [6.07, 6.45) is -1.77. The third kappa shape index (κ3) is 4.13. The first-order chi connectivity index (χ1) is 9.93. The smallest absolute Gasteiger partial charge is 0.310 e. The van der Waals surface area contributed by atoms with Crippen LogP contribution in [0.2, 0.25) is 5.02 Å². The Morgan fingerprint density at radius 1 is 1.29 bits per heavy atom. The van der Waals surface area contributed by atoms with Gasteiger partial charge >= 0.3 is 6.18 Å². The molecule has 0 heterocycles. The fraction of sp³-hybridized carbons (Fsp3) is 0.625. The maximum Gasteiger partial charge on any atom is 0.392 e. The first-order valence-corrected chi connectivity index (χ1v) is 7.87. The van der Waals surface area contributed by atoms with E-state index in [0.717, 1.165) is 12.0 Å². The second-order valence-electron chi connectivity index (χ2n) is 5.69. The van der Waals surface area contributed by atoms with Gasteiger partial charge in [-0.2, -0.15) is 13.2 Å². The molecule has 1 fully saturated rings. The number of alkyl halides is 3. The van der Waals surface area contributed by atoms with E-state index in [2.05, 4.69) is 5.32 Å². The van der Waals surface area contributed by atoms with Crippen molar-refractivity contribution in [1.82, 2.24) is 5.32 Å². The van der Waals surface area contributed by atoms with E-state index in [1.807, 2.05) is 13.0 Å². The number of hydrogen-bond donors (Lipinski definition) is 1.